The zero-order valence-electron chi connectivity index (χ0n) is 16.6. The number of pyridine rings is 1. The maximum atomic E-state index is 11.4. The fourth-order valence-corrected chi connectivity index (χ4v) is 5.26. The SMILES string of the molecule is O=Cc1cnc(C2CCc3c(ccc4c3ccc3ccccc34)C2)c2ccccc12. The van der Waals surface area contributed by atoms with Crippen molar-refractivity contribution in [2.45, 2.75) is 25.2 Å². The molecule has 1 aromatic heterocycles. The monoisotopic (exact) mass is 387 g/mol. The summed E-state index contributed by atoms with van der Waals surface area (Å²) in [6.45, 7) is 0. The van der Waals surface area contributed by atoms with E-state index < -0.39 is 0 Å². The van der Waals surface area contributed by atoms with Crippen LogP contribution in [0.3, 0.4) is 0 Å². The first-order valence-electron chi connectivity index (χ1n) is 10.6. The first-order valence-corrected chi connectivity index (χ1v) is 10.6. The van der Waals surface area contributed by atoms with Crippen LogP contribution in [-0.4, -0.2) is 11.3 Å². The van der Waals surface area contributed by atoms with Gasteiger partial charge in [-0.2, -0.15) is 0 Å². The van der Waals surface area contributed by atoms with Gasteiger partial charge in [0.2, 0.25) is 0 Å². The quantitative estimate of drug-likeness (QED) is 0.251. The second-order valence-corrected chi connectivity index (χ2v) is 8.29. The lowest BCUT2D eigenvalue weighted by Gasteiger charge is -2.27. The Kier molecular flexibility index (Phi) is 3.92. The van der Waals surface area contributed by atoms with Crippen LogP contribution in [-0.2, 0) is 12.8 Å². The number of carbonyl (C=O) groups is 1. The molecule has 0 fully saturated rings. The first kappa shape index (κ1) is 17.3. The van der Waals surface area contributed by atoms with Crippen molar-refractivity contribution in [1.29, 1.82) is 0 Å². The maximum absolute atomic E-state index is 11.4. The topological polar surface area (TPSA) is 30.0 Å². The molecular weight excluding hydrogens is 366 g/mol. The van der Waals surface area contributed by atoms with Crippen LogP contribution in [0.4, 0.5) is 0 Å². The predicted molar refractivity (Wildman–Crippen MR) is 123 cm³/mol. The predicted octanol–water partition coefficient (Wildman–Crippen LogP) is 6.63. The van der Waals surface area contributed by atoms with E-state index >= 15 is 0 Å². The highest BCUT2D eigenvalue weighted by Crippen LogP contribution is 2.39. The average molecular weight is 387 g/mol. The summed E-state index contributed by atoms with van der Waals surface area (Å²) in [5, 5.41) is 7.49. The van der Waals surface area contributed by atoms with Gasteiger partial charge in [-0.25, -0.2) is 0 Å². The van der Waals surface area contributed by atoms with Crippen LogP contribution in [0, 0.1) is 0 Å². The van der Waals surface area contributed by atoms with E-state index in [2.05, 4.69) is 54.6 Å². The van der Waals surface area contributed by atoms with Gasteiger partial charge in [-0.15, -0.1) is 0 Å². The van der Waals surface area contributed by atoms with Gasteiger partial charge in [0.1, 0.15) is 0 Å². The Morgan fingerprint density at radius 2 is 1.53 bits per heavy atom. The molecule has 0 N–H and O–H groups in total. The van der Waals surface area contributed by atoms with Gasteiger partial charge in [0.15, 0.2) is 6.29 Å². The first-order chi connectivity index (χ1) is 14.8. The van der Waals surface area contributed by atoms with E-state index in [1.165, 1.54) is 32.7 Å². The van der Waals surface area contributed by atoms with Crippen molar-refractivity contribution in [3.8, 4) is 0 Å². The third kappa shape index (κ3) is 2.57. The molecule has 0 amide bonds. The van der Waals surface area contributed by atoms with E-state index in [1.807, 2.05) is 18.2 Å². The molecule has 1 unspecified atom stereocenters. The van der Waals surface area contributed by atoms with E-state index in [0.29, 0.717) is 11.5 Å². The number of aryl methyl sites for hydroxylation is 1. The molecule has 1 aliphatic carbocycles. The molecule has 0 spiro atoms. The summed E-state index contributed by atoms with van der Waals surface area (Å²) < 4.78 is 0. The van der Waals surface area contributed by atoms with Gasteiger partial charge in [0, 0.05) is 23.1 Å². The lowest BCUT2D eigenvalue weighted by molar-refractivity contribution is 0.112. The lowest BCUT2D eigenvalue weighted by Crippen LogP contribution is -2.15. The molecule has 1 aliphatic rings. The van der Waals surface area contributed by atoms with E-state index in [-0.39, 0.29) is 0 Å². The van der Waals surface area contributed by atoms with Crippen LogP contribution >= 0.6 is 0 Å². The second-order valence-electron chi connectivity index (χ2n) is 8.29. The molecule has 5 aromatic rings. The minimum absolute atomic E-state index is 0.376. The number of rotatable bonds is 2. The third-order valence-electron chi connectivity index (χ3n) is 6.71. The Morgan fingerprint density at radius 3 is 2.40 bits per heavy atom. The third-order valence-corrected chi connectivity index (χ3v) is 6.71. The molecule has 4 aromatic carbocycles. The number of aromatic nitrogens is 1. The molecule has 0 aliphatic heterocycles. The Bertz CT molecular complexity index is 1450. The van der Waals surface area contributed by atoms with E-state index in [9.17, 15) is 4.79 Å². The van der Waals surface area contributed by atoms with Crippen LogP contribution in [0.2, 0.25) is 0 Å². The van der Waals surface area contributed by atoms with E-state index in [4.69, 9.17) is 4.98 Å². The van der Waals surface area contributed by atoms with Crippen LogP contribution in [0.5, 0.6) is 0 Å². The highest BCUT2D eigenvalue weighted by molar-refractivity contribution is 6.08. The van der Waals surface area contributed by atoms with Crippen molar-refractivity contribution < 1.29 is 4.79 Å². The van der Waals surface area contributed by atoms with Crippen molar-refractivity contribution >= 4 is 38.6 Å². The van der Waals surface area contributed by atoms with Crippen molar-refractivity contribution in [2.24, 2.45) is 0 Å². The van der Waals surface area contributed by atoms with Crippen LogP contribution in [0.15, 0.2) is 79.0 Å². The van der Waals surface area contributed by atoms with Crippen molar-refractivity contribution in [3.05, 3.63) is 101 Å². The summed E-state index contributed by atoms with van der Waals surface area (Å²) in [5.41, 5.74) is 4.71. The number of nitrogens with zero attached hydrogens (tertiary/aromatic N) is 1. The number of benzene rings is 4. The Hall–Kier alpha value is -3.52. The molecular formula is C28H21NO. The largest absolute Gasteiger partial charge is 0.298 e. The van der Waals surface area contributed by atoms with Crippen molar-refractivity contribution in [1.82, 2.24) is 4.98 Å². The minimum atomic E-state index is 0.376. The summed E-state index contributed by atoms with van der Waals surface area (Å²) in [6, 6.07) is 25.9. The summed E-state index contributed by atoms with van der Waals surface area (Å²) >= 11 is 0. The molecule has 0 radical (unpaired) electrons. The maximum Gasteiger partial charge on any atom is 0.152 e. The normalized spacial score (nSPS) is 16.1. The fourth-order valence-electron chi connectivity index (χ4n) is 5.26. The summed E-state index contributed by atoms with van der Waals surface area (Å²) in [6.07, 6.45) is 5.78. The minimum Gasteiger partial charge on any atom is -0.298 e. The lowest BCUT2D eigenvalue weighted by atomic mass is 9.78. The number of aldehydes is 1. The Labute approximate surface area is 175 Å². The molecule has 0 saturated carbocycles. The number of carbonyl (C=O) groups excluding carboxylic acids is 1. The van der Waals surface area contributed by atoms with Gasteiger partial charge >= 0.3 is 0 Å². The van der Waals surface area contributed by atoms with E-state index in [0.717, 1.165) is 42.0 Å². The van der Waals surface area contributed by atoms with Crippen LogP contribution in [0.25, 0.3) is 32.3 Å². The van der Waals surface area contributed by atoms with Gasteiger partial charge in [-0.3, -0.25) is 9.78 Å². The summed E-state index contributed by atoms with van der Waals surface area (Å²) in [4.78, 5) is 16.2. The van der Waals surface area contributed by atoms with Gasteiger partial charge in [0.05, 0.1) is 5.69 Å². The molecule has 1 atom stereocenters. The van der Waals surface area contributed by atoms with Crippen LogP contribution < -0.4 is 0 Å². The number of hydrogen-bond donors (Lipinski definition) is 0. The molecule has 30 heavy (non-hydrogen) atoms. The van der Waals surface area contributed by atoms with Crippen molar-refractivity contribution in [2.75, 3.05) is 0 Å². The average Bonchev–Trinajstić information content (AvgIpc) is 2.82. The smallest absolute Gasteiger partial charge is 0.152 e. The number of fused-ring (bicyclic) bond motifs is 6. The summed E-state index contributed by atoms with van der Waals surface area (Å²) in [5.74, 6) is 0.376. The molecule has 144 valence electrons. The highest BCUT2D eigenvalue weighted by Gasteiger charge is 2.24. The zero-order chi connectivity index (χ0) is 20.1. The van der Waals surface area contributed by atoms with Crippen LogP contribution in [0.1, 0.15) is 39.5 Å². The van der Waals surface area contributed by atoms with E-state index in [1.54, 1.807) is 6.20 Å². The molecule has 0 saturated heterocycles. The van der Waals surface area contributed by atoms with Gasteiger partial charge < -0.3 is 0 Å². The summed E-state index contributed by atoms with van der Waals surface area (Å²) in [7, 11) is 0. The molecule has 2 heteroatoms. The molecule has 0 bridgehead atoms. The Morgan fingerprint density at radius 1 is 0.767 bits per heavy atom. The molecule has 1 heterocycles. The second kappa shape index (κ2) is 6.77. The van der Waals surface area contributed by atoms with Crippen molar-refractivity contribution in [3.63, 3.8) is 0 Å². The fraction of sp³-hybridized carbons (Fsp3) is 0.143. The van der Waals surface area contributed by atoms with Gasteiger partial charge in [-0.05, 0) is 57.3 Å². The Balaban J connectivity index is 1.46. The van der Waals surface area contributed by atoms with Gasteiger partial charge in [-0.1, -0.05) is 72.8 Å². The van der Waals surface area contributed by atoms with Gasteiger partial charge in [0.25, 0.3) is 0 Å². The zero-order valence-corrected chi connectivity index (χ0v) is 16.6. The standard InChI is InChI=1S/C28H21NO/c30-17-21-16-29-28(27-8-4-3-7-23(21)27)20-11-12-24-19(15-20)10-14-25-22-6-2-1-5-18(22)9-13-26(24)25/h1-10,13-14,16-17,20H,11-12,15H2. The highest BCUT2D eigenvalue weighted by atomic mass is 16.1. The molecule has 2 nitrogen and oxygen atoms in total. The molecule has 6 rings (SSSR count). The number of hydrogen-bond acceptors (Lipinski definition) is 2.